The largest absolute Gasteiger partial charge is 0.357 e. The summed E-state index contributed by atoms with van der Waals surface area (Å²) in [6.45, 7) is 5.10. The summed E-state index contributed by atoms with van der Waals surface area (Å²) in [4.78, 5) is 13.3. The van der Waals surface area contributed by atoms with Crippen molar-refractivity contribution >= 4 is 29.9 Å². The van der Waals surface area contributed by atoms with Crippen LogP contribution in [0, 0.1) is 0 Å². The lowest BCUT2D eigenvalue weighted by atomic mass is 9.98. The van der Waals surface area contributed by atoms with E-state index >= 15 is 0 Å². The Morgan fingerprint density at radius 2 is 1.76 bits per heavy atom. The van der Waals surface area contributed by atoms with Crippen molar-refractivity contribution in [1.82, 2.24) is 25.2 Å². The number of imidazole rings is 1. The van der Waals surface area contributed by atoms with E-state index in [1.165, 1.54) is 22.3 Å². The van der Waals surface area contributed by atoms with Gasteiger partial charge < -0.3 is 15.2 Å². The second-order valence-electron chi connectivity index (χ2n) is 7.78. The van der Waals surface area contributed by atoms with Crippen LogP contribution in [0.15, 0.2) is 96.6 Å². The van der Waals surface area contributed by atoms with Gasteiger partial charge in [-0.05, 0) is 41.3 Å². The van der Waals surface area contributed by atoms with Crippen molar-refractivity contribution in [3.8, 4) is 11.1 Å². The molecule has 2 aromatic heterocycles. The highest BCUT2D eigenvalue weighted by molar-refractivity contribution is 14.0. The molecular weight excluding hydrogens is 535 g/mol. The van der Waals surface area contributed by atoms with Crippen molar-refractivity contribution in [3.05, 3.63) is 108 Å². The van der Waals surface area contributed by atoms with E-state index in [1.54, 1.807) is 6.20 Å². The van der Waals surface area contributed by atoms with E-state index in [2.05, 4.69) is 80.6 Å². The van der Waals surface area contributed by atoms with Crippen LogP contribution in [0.5, 0.6) is 0 Å². The van der Waals surface area contributed by atoms with E-state index < -0.39 is 0 Å². The zero-order valence-electron chi connectivity index (χ0n) is 19.4. The highest BCUT2D eigenvalue weighted by Crippen LogP contribution is 2.25. The molecule has 0 spiro atoms. The molecule has 0 fully saturated rings. The Labute approximate surface area is 218 Å². The van der Waals surface area contributed by atoms with Crippen LogP contribution < -0.4 is 10.6 Å². The average molecular weight is 566 g/mol. The molecule has 34 heavy (non-hydrogen) atoms. The molecule has 2 aromatic carbocycles. The van der Waals surface area contributed by atoms with Crippen LogP contribution >= 0.6 is 24.0 Å². The van der Waals surface area contributed by atoms with Gasteiger partial charge in [0.15, 0.2) is 5.96 Å². The molecule has 0 amide bonds. The number of nitrogens with zero attached hydrogens (tertiary/aromatic N) is 4. The number of aliphatic imine (C=N–C) groups is 1. The molecule has 0 bridgehead atoms. The normalized spacial score (nSPS) is 11.0. The first-order valence-electron chi connectivity index (χ1n) is 11.4. The Kier molecular flexibility index (Phi) is 10.1. The predicted molar refractivity (Wildman–Crippen MR) is 149 cm³/mol. The number of hydrogen-bond acceptors (Lipinski definition) is 3. The van der Waals surface area contributed by atoms with E-state index in [0.717, 1.165) is 37.7 Å². The van der Waals surface area contributed by atoms with Gasteiger partial charge in [0.25, 0.3) is 0 Å². The molecule has 0 saturated heterocycles. The van der Waals surface area contributed by atoms with Crippen LogP contribution in [0.2, 0.25) is 0 Å². The van der Waals surface area contributed by atoms with Crippen LogP contribution in [-0.4, -0.2) is 33.6 Å². The molecule has 0 unspecified atom stereocenters. The summed E-state index contributed by atoms with van der Waals surface area (Å²) in [5.74, 6) is 0.818. The summed E-state index contributed by atoms with van der Waals surface area (Å²) in [6, 6.07) is 23.2. The average Bonchev–Trinajstić information content (AvgIpc) is 3.37. The lowest BCUT2D eigenvalue weighted by molar-refractivity contribution is 0.788. The molecule has 176 valence electrons. The van der Waals surface area contributed by atoms with Gasteiger partial charge in [-0.15, -0.1) is 24.0 Å². The lowest BCUT2D eigenvalue weighted by Crippen LogP contribution is -2.38. The monoisotopic (exact) mass is 566 g/mol. The quantitative estimate of drug-likeness (QED) is 0.172. The van der Waals surface area contributed by atoms with Crippen LogP contribution in [0.3, 0.4) is 0 Å². The number of halogens is 1. The molecule has 0 saturated carbocycles. The van der Waals surface area contributed by atoms with Gasteiger partial charge >= 0.3 is 0 Å². The molecule has 4 aromatic rings. The van der Waals surface area contributed by atoms with E-state index in [9.17, 15) is 0 Å². The Morgan fingerprint density at radius 3 is 2.50 bits per heavy atom. The molecule has 0 radical (unpaired) electrons. The Bertz CT molecular complexity index is 1140. The second kappa shape index (κ2) is 13.5. The minimum Gasteiger partial charge on any atom is -0.357 e. The third-order valence-corrected chi connectivity index (χ3v) is 5.36. The van der Waals surface area contributed by atoms with Gasteiger partial charge in [-0.25, -0.2) is 9.98 Å². The SMILES string of the molecule is CCNC(=NCc1ccccc1-c1ccc(Cn2ccnc2)cc1)NCCc1ccccn1.I. The van der Waals surface area contributed by atoms with Gasteiger partial charge in [-0.2, -0.15) is 0 Å². The van der Waals surface area contributed by atoms with Crippen molar-refractivity contribution in [2.75, 3.05) is 13.1 Å². The molecule has 2 heterocycles. The van der Waals surface area contributed by atoms with E-state index in [0.29, 0.717) is 6.54 Å². The Morgan fingerprint density at radius 1 is 0.941 bits per heavy atom. The van der Waals surface area contributed by atoms with Crippen molar-refractivity contribution < 1.29 is 0 Å². The first-order valence-corrected chi connectivity index (χ1v) is 11.4. The van der Waals surface area contributed by atoms with Gasteiger partial charge in [0.2, 0.25) is 0 Å². The predicted octanol–water partition coefficient (Wildman–Crippen LogP) is 4.91. The van der Waals surface area contributed by atoms with Crippen LogP contribution in [0.1, 0.15) is 23.7 Å². The third-order valence-electron chi connectivity index (χ3n) is 5.36. The summed E-state index contributed by atoms with van der Waals surface area (Å²) >= 11 is 0. The smallest absolute Gasteiger partial charge is 0.191 e. The van der Waals surface area contributed by atoms with Crippen LogP contribution in [0.4, 0.5) is 0 Å². The van der Waals surface area contributed by atoms with Crippen molar-refractivity contribution in [1.29, 1.82) is 0 Å². The number of pyridine rings is 1. The first kappa shape index (κ1) is 25.4. The third kappa shape index (κ3) is 7.41. The molecule has 7 heteroatoms. The van der Waals surface area contributed by atoms with E-state index in [4.69, 9.17) is 4.99 Å². The van der Waals surface area contributed by atoms with Gasteiger partial charge in [-0.1, -0.05) is 54.6 Å². The lowest BCUT2D eigenvalue weighted by Gasteiger charge is -2.13. The van der Waals surface area contributed by atoms with Gasteiger partial charge in [0.1, 0.15) is 0 Å². The van der Waals surface area contributed by atoms with Crippen molar-refractivity contribution in [2.45, 2.75) is 26.4 Å². The number of nitrogens with one attached hydrogen (secondary N) is 2. The highest BCUT2D eigenvalue weighted by atomic mass is 127. The van der Waals surface area contributed by atoms with Gasteiger partial charge in [-0.3, -0.25) is 4.98 Å². The van der Waals surface area contributed by atoms with E-state index in [-0.39, 0.29) is 24.0 Å². The second-order valence-corrected chi connectivity index (χ2v) is 7.78. The summed E-state index contributed by atoms with van der Waals surface area (Å²) in [5.41, 5.74) is 5.92. The maximum absolute atomic E-state index is 4.83. The van der Waals surface area contributed by atoms with Crippen LogP contribution in [-0.2, 0) is 19.5 Å². The Balaban J connectivity index is 0.00000324. The standard InChI is InChI=1S/C27H30N6.HI/c1-2-29-27(31-16-14-25-8-5-6-15-30-25)32-19-24-7-3-4-9-26(24)23-12-10-22(11-13-23)20-33-18-17-28-21-33;/h3-13,15,17-18,21H,2,14,16,19-20H2,1H3,(H2,29,31,32);1H. The number of guanidine groups is 1. The van der Waals surface area contributed by atoms with Gasteiger partial charge in [0, 0.05) is 50.3 Å². The van der Waals surface area contributed by atoms with E-state index in [1.807, 2.05) is 36.9 Å². The highest BCUT2D eigenvalue weighted by Gasteiger charge is 2.06. The minimum atomic E-state index is 0. The minimum absolute atomic E-state index is 0. The van der Waals surface area contributed by atoms with Gasteiger partial charge in [0.05, 0.1) is 12.9 Å². The molecule has 0 aliphatic heterocycles. The fraction of sp³-hybridized carbons (Fsp3) is 0.222. The molecule has 0 atom stereocenters. The molecule has 0 aliphatic rings. The summed E-state index contributed by atoms with van der Waals surface area (Å²) in [7, 11) is 0. The van der Waals surface area contributed by atoms with Crippen molar-refractivity contribution in [2.24, 2.45) is 4.99 Å². The zero-order valence-corrected chi connectivity index (χ0v) is 21.7. The molecule has 4 rings (SSSR count). The summed E-state index contributed by atoms with van der Waals surface area (Å²) in [5, 5.41) is 6.76. The molecular formula is C27H31IN6. The Hall–Kier alpha value is -3.20. The maximum Gasteiger partial charge on any atom is 0.191 e. The number of rotatable bonds is 9. The summed E-state index contributed by atoms with van der Waals surface area (Å²) < 4.78 is 2.07. The number of aromatic nitrogens is 3. The maximum atomic E-state index is 4.83. The van der Waals surface area contributed by atoms with Crippen molar-refractivity contribution in [3.63, 3.8) is 0 Å². The zero-order chi connectivity index (χ0) is 22.7. The van der Waals surface area contributed by atoms with Crippen LogP contribution in [0.25, 0.3) is 11.1 Å². The molecule has 2 N–H and O–H groups in total. The topological polar surface area (TPSA) is 67.1 Å². The number of hydrogen-bond donors (Lipinski definition) is 2. The fourth-order valence-corrected chi connectivity index (χ4v) is 3.68. The number of benzene rings is 2. The molecule has 0 aliphatic carbocycles. The summed E-state index contributed by atoms with van der Waals surface area (Å²) in [6.07, 6.45) is 8.31. The molecule has 6 nitrogen and oxygen atoms in total. The first-order chi connectivity index (χ1) is 16.3. The fourth-order valence-electron chi connectivity index (χ4n) is 3.68.